The van der Waals surface area contributed by atoms with Gasteiger partial charge in [-0.1, -0.05) is 30.3 Å². The third-order valence-corrected chi connectivity index (χ3v) is 7.18. The van der Waals surface area contributed by atoms with Gasteiger partial charge in [-0.05, 0) is 49.9 Å². The predicted molar refractivity (Wildman–Crippen MR) is 140 cm³/mol. The molecule has 0 aliphatic carbocycles. The third kappa shape index (κ3) is 4.69. The second-order valence-electron chi connectivity index (χ2n) is 10.2. The maximum absolute atomic E-state index is 12.8. The van der Waals surface area contributed by atoms with Gasteiger partial charge in [0.2, 0.25) is 0 Å². The van der Waals surface area contributed by atoms with Crippen molar-refractivity contribution in [3.8, 4) is 22.8 Å². The van der Waals surface area contributed by atoms with Crippen molar-refractivity contribution < 1.29 is 24.1 Å². The summed E-state index contributed by atoms with van der Waals surface area (Å²) in [6.07, 6.45) is 4.01. The minimum absolute atomic E-state index is 0.00569. The Balaban J connectivity index is 1.63. The number of methoxy groups -OCH3 is 1. The van der Waals surface area contributed by atoms with Crippen LogP contribution in [0.1, 0.15) is 60.6 Å². The molecule has 3 heterocycles. The number of carboxylic acids is 1. The lowest BCUT2D eigenvalue weighted by Crippen LogP contribution is -2.50. The molecule has 5 rings (SSSR count). The quantitative estimate of drug-likeness (QED) is 0.420. The lowest BCUT2D eigenvalue weighted by Gasteiger charge is -2.44. The van der Waals surface area contributed by atoms with E-state index in [2.05, 4.69) is 18.9 Å². The molecule has 37 heavy (non-hydrogen) atoms. The molecular formula is C29H32N2O6. The van der Waals surface area contributed by atoms with Crippen LogP contribution in [0, 0.1) is 0 Å². The molecule has 1 N–H and O–H groups in total. The van der Waals surface area contributed by atoms with Gasteiger partial charge in [-0.2, -0.15) is 0 Å². The average molecular weight is 505 g/mol. The van der Waals surface area contributed by atoms with Gasteiger partial charge in [0.15, 0.2) is 16.9 Å². The van der Waals surface area contributed by atoms with E-state index in [1.807, 2.05) is 47.1 Å². The zero-order chi connectivity index (χ0) is 26.2. The Labute approximate surface area is 216 Å². The number of hydrogen-bond donors (Lipinski definition) is 1. The largest absolute Gasteiger partial charge is 0.490 e. The topological polar surface area (TPSA) is 90.2 Å². The van der Waals surface area contributed by atoms with Gasteiger partial charge in [0.05, 0.1) is 23.9 Å². The van der Waals surface area contributed by atoms with Crippen molar-refractivity contribution in [2.24, 2.45) is 0 Å². The smallest absolute Gasteiger partial charge is 0.341 e. The summed E-state index contributed by atoms with van der Waals surface area (Å²) >= 11 is 0. The van der Waals surface area contributed by atoms with Crippen molar-refractivity contribution in [2.45, 2.75) is 51.3 Å². The predicted octanol–water partition coefficient (Wildman–Crippen LogP) is 4.77. The van der Waals surface area contributed by atoms with Crippen molar-refractivity contribution in [3.05, 3.63) is 81.6 Å². The van der Waals surface area contributed by atoms with E-state index in [0.717, 1.165) is 36.0 Å². The fourth-order valence-corrected chi connectivity index (χ4v) is 5.36. The Bertz CT molecular complexity index is 1360. The van der Waals surface area contributed by atoms with E-state index in [1.54, 1.807) is 7.11 Å². The van der Waals surface area contributed by atoms with Crippen LogP contribution in [0.5, 0.6) is 11.5 Å². The molecule has 2 aliphatic heterocycles. The van der Waals surface area contributed by atoms with Crippen LogP contribution in [-0.2, 0) is 11.3 Å². The molecule has 0 amide bonds. The van der Waals surface area contributed by atoms with E-state index < -0.39 is 11.4 Å². The van der Waals surface area contributed by atoms with Gasteiger partial charge in [-0.25, -0.2) is 4.79 Å². The monoisotopic (exact) mass is 504 g/mol. The first-order valence-electron chi connectivity index (χ1n) is 12.6. The fourth-order valence-electron chi connectivity index (χ4n) is 5.36. The van der Waals surface area contributed by atoms with Crippen LogP contribution >= 0.6 is 0 Å². The fraction of sp³-hybridized carbons (Fsp3) is 0.379. The zero-order valence-corrected chi connectivity index (χ0v) is 21.4. The molecule has 3 aromatic rings. The molecule has 1 atom stereocenters. The van der Waals surface area contributed by atoms with Crippen molar-refractivity contribution in [3.63, 3.8) is 0 Å². The number of fused-ring (bicyclic) bond motifs is 6. The second kappa shape index (κ2) is 9.94. The molecule has 8 heteroatoms. The van der Waals surface area contributed by atoms with Crippen LogP contribution in [0.3, 0.4) is 0 Å². The van der Waals surface area contributed by atoms with Gasteiger partial charge in [0.25, 0.3) is 0 Å². The summed E-state index contributed by atoms with van der Waals surface area (Å²) in [6, 6.07) is 15.3. The second-order valence-corrected chi connectivity index (χ2v) is 10.2. The van der Waals surface area contributed by atoms with Crippen LogP contribution in [0.25, 0.3) is 11.3 Å². The normalized spacial score (nSPS) is 17.1. The lowest BCUT2D eigenvalue weighted by atomic mass is 9.93. The van der Waals surface area contributed by atoms with Crippen LogP contribution < -0.4 is 19.9 Å². The molecule has 0 spiro atoms. The lowest BCUT2D eigenvalue weighted by molar-refractivity contribution is 0.0694. The van der Waals surface area contributed by atoms with Crippen molar-refractivity contribution in [2.75, 3.05) is 25.3 Å². The van der Waals surface area contributed by atoms with E-state index in [1.165, 1.54) is 12.3 Å². The Hall–Kier alpha value is -3.78. The molecule has 0 unspecified atom stereocenters. The molecule has 0 bridgehead atoms. The number of carbonyl (C=O) groups is 1. The summed E-state index contributed by atoms with van der Waals surface area (Å²) in [5, 5.41) is 11.8. The molecule has 2 aromatic carbocycles. The summed E-state index contributed by atoms with van der Waals surface area (Å²) in [7, 11) is 1.67. The highest BCUT2D eigenvalue weighted by atomic mass is 16.5. The van der Waals surface area contributed by atoms with E-state index >= 15 is 0 Å². The van der Waals surface area contributed by atoms with E-state index in [4.69, 9.17) is 14.2 Å². The van der Waals surface area contributed by atoms with E-state index in [-0.39, 0.29) is 17.1 Å². The van der Waals surface area contributed by atoms with Crippen molar-refractivity contribution in [1.29, 1.82) is 0 Å². The maximum atomic E-state index is 12.8. The van der Waals surface area contributed by atoms with Gasteiger partial charge in [-0.15, -0.1) is 0 Å². The Morgan fingerprint density at radius 2 is 1.84 bits per heavy atom. The Morgan fingerprint density at radius 1 is 1.08 bits per heavy atom. The highest BCUT2D eigenvalue weighted by Crippen LogP contribution is 2.50. The molecular weight excluding hydrogens is 472 g/mol. The SMILES string of the molecule is COCCCOc1cc2c(cc1OCc1ccccc1)-c1cc(=O)c(C(=O)O)cn1N1[C@H]2CCC1(C)C. The number of rotatable bonds is 9. The highest BCUT2D eigenvalue weighted by molar-refractivity contribution is 5.88. The summed E-state index contributed by atoms with van der Waals surface area (Å²) < 4.78 is 19.5. The molecule has 0 saturated carbocycles. The number of carboxylic acid groups (broad SMARTS) is 1. The number of aromatic carboxylic acids is 1. The molecule has 0 radical (unpaired) electrons. The van der Waals surface area contributed by atoms with Crippen LogP contribution in [0.2, 0.25) is 0 Å². The molecule has 1 saturated heterocycles. The number of hydrogen-bond acceptors (Lipinski definition) is 6. The van der Waals surface area contributed by atoms with E-state index in [9.17, 15) is 14.7 Å². The van der Waals surface area contributed by atoms with E-state index in [0.29, 0.717) is 37.0 Å². The minimum atomic E-state index is -1.23. The first-order chi connectivity index (χ1) is 17.8. The summed E-state index contributed by atoms with van der Waals surface area (Å²) in [5.74, 6) is -0.00762. The first-order valence-corrected chi connectivity index (χ1v) is 12.6. The Morgan fingerprint density at radius 3 is 2.57 bits per heavy atom. The Kier molecular flexibility index (Phi) is 6.69. The van der Waals surface area contributed by atoms with Crippen LogP contribution in [0.4, 0.5) is 0 Å². The van der Waals surface area contributed by atoms with Gasteiger partial charge in [0.1, 0.15) is 12.2 Å². The van der Waals surface area contributed by atoms with Crippen LogP contribution in [-0.4, -0.2) is 41.6 Å². The van der Waals surface area contributed by atoms with Gasteiger partial charge in [-0.3, -0.25) is 14.5 Å². The number of nitrogens with zero attached hydrogens (tertiary/aromatic N) is 2. The summed E-state index contributed by atoms with van der Waals surface area (Å²) in [5.41, 5.74) is 2.56. The highest BCUT2D eigenvalue weighted by Gasteiger charge is 2.45. The molecule has 1 aromatic heterocycles. The summed E-state index contributed by atoms with van der Waals surface area (Å²) in [6.45, 7) is 5.71. The molecule has 1 fully saturated rings. The molecule has 8 nitrogen and oxygen atoms in total. The minimum Gasteiger partial charge on any atom is -0.490 e. The number of ether oxygens (including phenoxy) is 3. The maximum Gasteiger partial charge on any atom is 0.341 e. The van der Waals surface area contributed by atoms with Gasteiger partial charge >= 0.3 is 5.97 Å². The number of pyridine rings is 1. The number of benzene rings is 2. The first kappa shape index (κ1) is 24.9. The molecule has 2 aliphatic rings. The van der Waals surface area contributed by atoms with Gasteiger partial charge < -0.3 is 19.3 Å². The molecule has 194 valence electrons. The summed E-state index contributed by atoms with van der Waals surface area (Å²) in [4.78, 5) is 24.6. The van der Waals surface area contributed by atoms with Gasteiger partial charge in [0, 0.05) is 38.0 Å². The third-order valence-electron chi connectivity index (χ3n) is 7.18. The van der Waals surface area contributed by atoms with Crippen molar-refractivity contribution in [1.82, 2.24) is 4.68 Å². The average Bonchev–Trinajstić information content (AvgIpc) is 3.20. The standard InChI is InChI=1S/C29H32N2O6/c1-29(2)11-10-23-20-14-26(36-13-7-12-35-3)27(37-18-19-8-5-4-6-9-19)15-21(20)24-16-25(32)22(28(33)34)17-30(24)31(23)29/h4-6,8-9,14-17,23H,7,10-13,18H2,1-3H3,(H,33,34)/t23-/m0/s1. The zero-order valence-electron chi connectivity index (χ0n) is 21.4. The van der Waals surface area contributed by atoms with Crippen LogP contribution in [0.15, 0.2) is 59.5 Å². The number of aromatic nitrogens is 1. The van der Waals surface area contributed by atoms with Crippen molar-refractivity contribution >= 4 is 5.97 Å².